The first-order valence-electron chi connectivity index (χ1n) is 8.00. The van der Waals surface area contributed by atoms with E-state index in [1.807, 2.05) is 0 Å². The molecule has 11 heteroatoms. The maximum absolute atomic E-state index is 12.5. The third kappa shape index (κ3) is 5.86. The Hall–Kier alpha value is -1.30. The fourth-order valence-corrected chi connectivity index (χ4v) is 4.69. The average Bonchev–Trinajstić information content (AvgIpc) is 2.53. The van der Waals surface area contributed by atoms with E-state index in [0.29, 0.717) is 0 Å². The second kappa shape index (κ2) is 9.07. The van der Waals surface area contributed by atoms with Gasteiger partial charge in [0.15, 0.2) is 0 Å². The number of nitrogens with one attached hydrogen (secondary N) is 1. The van der Waals surface area contributed by atoms with Gasteiger partial charge in [0.1, 0.15) is 5.03 Å². The number of pyridine rings is 1. The van der Waals surface area contributed by atoms with Crippen LogP contribution >= 0.6 is 11.8 Å². The summed E-state index contributed by atoms with van der Waals surface area (Å²) in [5.41, 5.74) is -0.0104. The van der Waals surface area contributed by atoms with Crippen molar-refractivity contribution in [2.75, 3.05) is 25.4 Å². The molecular formula is C15H21F2N3O4S2. The van der Waals surface area contributed by atoms with E-state index >= 15 is 0 Å². The molecule has 1 amide bonds. The number of aromatic nitrogens is 1. The van der Waals surface area contributed by atoms with Crippen molar-refractivity contribution in [1.82, 2.24) is 14.6 Å². The number of morpholine rings is 1. The van der Waals surface area contributed by atoms with Crippen LogP contribution in [0.3, 0.4) is 0 Å². The predicted molar refractivity (Wildman–Crippen MR) is 93.8 cm³/mol. The fraction of sp³-hybridized carbons (Fsp3) is 0.600. The summed E-state index contributed by atoms with van der Waals surface area (Å²) in [5.74, 6) is -3.63. The summed E-state index contributed by atoms with van der Waals surface area (Å²) >= 11 is 0.170. The molecule has 1 fully saturated rings. The van der Waals surface area contributed by atoms with Gasteiger partial charge in [-0.1, -0.05) is 0 Å². The van der Waals surface area contributed by atoms with Crippen molar-refractivity contribution in [3.8, 4) is 0 Å². The minimum atomic E-state index is -3.56. The Bertz CT molecular complexity index is 723. The van der Waals surface area contributed by atoms with Gasteiger partial charge in [-0.15, -0.1) is 0 Å². The largest absolute Gasteiger partial charge is 0.373 e. The number of thioether (sulfide) groups is 1. The number of carbonyl (C=O) groups is 1. The summed E-state index contributed by atoms with van der Waals surface area (Å²) in [6, 6.07) is 2.82. The first kappa shape index (κ1) is 21.0. The number of hydrogen-bond donors (Lipinski definition) is 1. The number of nitrogens with zero attached hydrogens (tertiary/aromatic N) is 2. The van der Waals surface area contributed by atoms with Crippen LogP contribution in [0, 0.1) is 0 Å². The maximum Gasteiger partial charge on any atom is 0.290 e. The molecule has 1 aromatic heterocycles. The molecule has 146 valence electrons. The SMILES string of the molecule is CC1CN(S(=O)(=O)CCNC(=O)c2cccnc2SC(F)F)CC(C)O1. The lowest BCUT2D eigenvalue weighted by Gasteiger charge is -2.34. The van der Waals surface area contributed by atoms with E-state index in [1.54, 1.807) is 13.8 Å². The van der Waals surface area contributed by atoms with Crippen molar-refractivity contribution < 1.29 is 26.7 Å². The normalized spacial score (nSPS) is 21.7. The number of hydrogen-bond acceptors (Lipinski definition) is 6. The molecule has 7 nitrogen and oxygen atoms in total. The fourth-order valence-electron chi connectivity index (χ4n) is 2.62. The summed E-state index contributed by atoms with van der Waals surface area (Å²) in [4.78, 5) is 15.9. The molecule has 2 heterocycles. The highest BCUT2D eigenvalue weighted by atomic mass is 32.2. The van der Waals surface area contributed by atoms with Gasteiger partial charge in [0.05, 0.1) is 23.5 Å². The highest BCUT2D eigenvalue weighted by molar-refractivity contribution is 7.99. The van der Waals surface area contributed by atoms with E-state index in [1.165, 1.54) is 22.6 Å². The van der Waals surface area contributed by atoms with Crippen LogP contribution in [0.15, 0.2) is 23.4 Å². The van der Waals surface area contributed by atoms with Crippen molar-refractivity contribution in [2.24, 2.45) is 0 Å². The van der Waals surface area contributed by atoms with Gasteiger partial charge in [-0.25, -0.2) is 13.4 Å². The molecule has 2 atom stereocenters. The first-order chi connectivity index (χ1) is 12.2. The van der Waals surface area contributed by atoms with Crippen molar-refractivity contribution in [1.29, 1.82) is 0 Å². The number of halogens is 2. The standard InChI is InChI=1S/C15H21F2N3O4S2/c1-10-8-20(9-11(2)24-10)26(22,23)7-6-18-13(21)12-4-3-5-19-14(12)25-15(16)17/h3-5,10-11,15H,6-9H2,1-2H3,(H,18,21). The predicted octanol–water partition coefficient (Wildman–Crippen LogP) is 1.57. The molecule has 26 heavy (non-hydrogen) atoms. The quantitative estimate of drug-likeness (QED) is 0.688. The topological polar surface area (TPSA) is 88.6 Å². The third-order valence-electron chi connectivity index (χ3n) is 3.64. The Morgan fingerprint density at radius 3 is 2.69 bits per heavy atom. The smallest absolute Gasteiger partial charge is 0.290 e. The number of sulfonamides is 1. The number of rotatable bonds is 7. The summed E-state index contributed by atoms with van der Waals surface area (Å²) in [5, 5.41) is 2.36. The highest BCUT2D eigenvalue weighted by Gasteiger charge is 2.30. The molecular weight excluding hydrogens is 388 g/mol. The summed E-state index contributed by atoms with van der Waals surface area (Å²) in [6.45, 7) is 3.99. The number of amides is 1. The van der Waals surface area contributed by atoms with Crippen LogP contribution in [0.5, 0.6) is 0 Å². The zero-order valence-corrected chi connectivity index (χ0v) is 16.0. The Labute approximate surface area is 155 Å². The molecule has 2 unspecified atom stereocenters. The van der Waals surface area contributed by atoms with Crippen molar-refractivity contribution >= 4 is 27.7 Å². The van der Waals surface area contributed by atoms with Crippen LogP contribution in [-0.2, 0) is 14.8 Å². The molecule has 0 bridgehead atoms. The summed E-state index contributed by atoms with van der Waals surface area (Å²) < 4.78 is 56.8. The Kier molecular flexibility index (Phi) is 7.33. The second-order valence-electron chi connectivity index (χ2n) is 5.88. The van der Waals surface area contributed by atoms with Gasteiger partial charge < -0.3 is 10.1 Å². The lowest BCUT2D eigenvalue weighted by atomic mass is 10.3. The zero-order chi connectivity index (χ0) is 19.3. The first-order valence-corrected chi connectivity index (χ1v) is 10.5. The minimum absolute atomic E-state index is 0.0104. The van der Waals surface area contributed by atoms with Crippen LogP contribution in [0.1, 0.15) is 24.2 Å². The Balaban J connectivity index is 1.94. The zero-order valence-electron chi connectivity index (χ0n) is 14.4. The van der Waals surface area contributed by atoms with Crippen molar-refractivity contribution in [2.45, 2.75) is 36.8 Å². The molecule has 1 saturated heterocycles. The number of ether oxygens (including phenoxy) is 1. The van der Waals surface area contributed by atoms with Gasteiger partial charge in [0.25, 0.3) is 11.7 Å². The Morgan fingerprint density at radius 2 is 2.08 bits per heavy atom. The number of alkyl halides is 2. The molecule has 0 radical (unpaired) electrons. The van der Waals surface area contributed by atoms with Crippen LogP contribution in [-0.4, -0.2) is 67.0 Å². The summed E-state index contributed by atoms with van der Waals surface area (Å²) in [6.07, 6.45) is 0.909. The lowest BCUT2D eigenvalue weighted by molar-refractivity contribution is -0.0440. The van der Waals surface area contributed by atoms with Crippen molar-refractivity contribution in [3.63, 3.8) is 0 Å². The molecule has 0 spiro atoms. The van der Waals surface area contributed by atoms with Crippen molar-refractivity contribution in [3.05, 3.63) is 23.9 Å². The third-order valence-corrected chi connectivity index (χ3v) is 6.17. The van der Waals surface area contributed by atoms with Gasteiger partial charge in [-0.05, 0) is 37.7 Å². The van der Waals surface area contributed by atoms with Gasteiger partial charge in [0, 0.05) is 25.8 Å². The molecule has 1 aromatic rings. The molecule has 0 aliphatic carbocycles. The van der Waals surface area contributed by atoms with E-state index in [2.05, 4.69) is 10.3 Å². The van der Waals surface area contributed by atoms with Crippen LogP contribution in [0.4, 0.5) is 8.78 Å². The van der Waals surface area contributed by atoms with Gasteiger partial charge in [-0.3, -0.25) is 4.79 Å². The monoisotopic (exact) mass is 409 g/mol. The van der Waals surface area contributed by atoms with Crippen LogP contribution < -0.4 is 5.32 Å². The molecule has 0 aromatic carbocycles. The van der Waals surface area contributed by atoms with Gasteiger partial charge in [-0.2, -0.15) is 13.1 Å². The molecule has 1 N–H and O–H groups in total. The molecule has 1 aliphatic heterocycles. The highest BCUT2D eigenvalue weighted by Crippen LogP contribution is 2.26. The summed E-state index contributed by atoms with van der Waals surface area (Å²) in [7, 11) is -3.56. The van der Waals surface area contributed by atoms with E-state index in [-0.39, 0.29) is 59.9 Å². The van der Waals surface area contributed by atoms with E-state index in [0.717, 1.165) is 0 Å². The van der Waals surface area contributed by atoms with Gasteiger partial charge >= 0.3 is 0 Å². The van der Waals surface area contributed by atoms with E-state index in [9.17, 15) is 22.0 Å². The minimum Gasteiger partial charge on any atom is -0.373 e. The molecule has 1 aliphatic rings. The van der Waals surface area contributed by atoms with E-state index < -0.39 is 21.7 Å². The average molecular weight is 409 g/mol. The number of carbonyl (C=O) groups excluding carboxylic acids is 1. The van der Waals surface area contributed by atoms with Crippen LogP contribution in [0.25, 0.3) is 0 Å². The van der Waals surface area contributed by atoms with Gasteiger partial charge in [0.2, 0.25) is 10.0 Å². The lowest BCUT2D eigenvalue weighted by Crippen LogP contribution is -2.49. The van der Waals surface area contributed by atoms with Crippen LogP contribution in [0.2, 0.25) is 0 Å². The Morgan fingerprint density at radius 1 is 1.42 bits per heavy atom. The molecule has 0 saturated carbocycles. The molecule has 2 rings (SSSR count). The maximum atomic E-state index is 12.5. The van der Waals surface area contributed by atoms with E-state index in [4.69, 9.17) is 4.74 Å². The second-order valence-corrected chi connectivity index (χ2v) is 8.95.